The molecule has 0 saturated heterocycles. The van der Waals surface area contributed by atoms with Crippen molar-refractivity contribution >= 4 is 17.9 Å². The summed E-state index contributed by atoms with van der Waals surface area (Å²) in [7, 11) is 0. The van der Waals surface area contributed by atoms with E-state index in [2.05, 4.69) is 167 Å². The average Bonchev–Trinajstić information content (AvgIpc) is 3.30. The van der Waals surface area contributed by atoms with E-state index in [0.29, 0.717) is 19.3 Å². The lowest BCUT2D eigenvalue weighted by Gasteiger charge is -2.18. The zero-order valence-electron chi connectivity index (χ0n) is 40.7. The van der Waals surface area contributed by atoms with Gasteiger partial charge in [-0.25, -0.2) is 0 Å². The van der Waals surface area contributed by atoms with E-state index in [-0.39, 0.29) is 38.4 Å². The van der Waals surface area contributed by atoms with E-state index in [1.54, 1.807) is 0 Å². The molecule has 1 unspecified atom stereocenters. The predicted octanol–water partition coefficient (Wildman–Crippen LogP) is 16.4. The molecule has 0 aromatic rings. The van der Waals surface area contributed by atoms with Crippen LogP contribution in [0, 0.1) is 0 Å². The molecule has 65 heavy (non-hydrogen) atoms. The molecule has 0 aromatic carbocycles. The maximum Gasteiger partial charge on any atom is 0.306 e. The maximum atomic E-state index is 12.7. The Morgan fingerprint density at radius 2 is 0.569 bits per heavy atom. The summed E-state index contributed by atoms with van der Waals surface area (Å²) in [5.41, 5.74) is 0. The van der Waals surface area contributed by atoms with Gasteiger partial charge in [-0.15, -0.1) is 0 Å². The SMILES string of the molecule is CC/C=C\C/C=C\C/C=C\C/C=C\C/C=C\C/C=C\CCCCC(=O)OCC(COC(=O)CC/C=C\C/C=C\C/C=C\C/C=C\CC)OC(=O)CC/C=C\C/C=C\C/C=C\C/C=C\CC. The van der Waals surface area contributed by atoms with Crippen molar-refractivity contribution in [2.75, 3.05) is 13.2 Å². The second-order valence-electron chi connectivity index (χ2n) is 15.2. The minimum Gasteiger partial charge on any atom is -0.462 e. The first-order chi connectivity index (χ1) is 32.0. The van der Waals surface area contributed by atoms with E-state index in [1.165, 1.54) is 0 Å². The van der Waals surface area contributed by atoms with Gasteiger partial charge < -0.3 is 14.2 Å². The van der Waals surface area contributed by atoms with Crippen molar-refractivity contribution in [2.24, 2.45) is 0 Å². The summed E-state index contributed by atoms with van der Waals surface area (Å²) in [6, 6.07) is 0. The molecule has 0 radical (unpaired) electrons. The second kappa shape index (κ2) is 51.4. The number of unbranched alkanes of at least 4 members (excludes halogenated alkanes) is 2. The van der Waals surface area contributed by atoms with Gasteiger partial charge in [0.15, 0.2) is 6.10 Å². The minimum absolute atomic E-state index is 0.161. The van der Waals surface area contributed by atoms with Crippen molar-refractivity contribution in [3.63, 3.8) is 0 Å². The Bertz CT molecular complexity index is 1590. The number of carbonyl (C=O) groups is 3. The van der Waals surface area contributed by atoms with Gasteiger partial charge in [0.05, 0.1) is 0 Å². The highest BCUT2D eigenvalue weighted by Crippen LogP contribution is 2.08. The molecule has 1 atom stereocenters. The van der Waals surface area contributed by atoms with Gasteiger partial charge in [-0.1, -0.05) is 191 Å². The maximum absolute atomic E-state index is 12.7. The molecule has 0 rings (SSSR count). The molecule has 0 bridgehead atoms. The Morgan fingerprint density at radius 3 is 0.892 bits per heavy atom. The van der Waals surface area contributed by atoms with Crippen molar-refractivity contribution in [1.82, 2.24) is 0 Å². The monoisotopic (exact) mass is 891 g/mol. The van der Waals surface area contributed by atoms with E-state index in [0.717, 1.165) is 103 Å². The van der Waals surface area contributed by atoms with Crippen LogP contribution in [-0.2, 0) is 28.6 Å². The van der Waals surface area contributed by atoms with Crippen molar-refractivity contribution in [3.8, 4) is 0 Å². The Balaban J connectivity index is 4.64. The summed E-state index contributed by atoms with van der Waals surface area (Å²) in [5, 5.41) is 0. The molecule has 6 nitrogen and oxygen atoms in total. The van der Waals surface area contributed by atoms with Crippen molar-refractivity contribution in [2.45, 2.75) is 168 Å². The van der Waals surface area contributed by atoms with E-state index in [1.807, 2.05) is 24.3 Å². The Hall–Kier alpha value is -5.23. The molecule has 0 saturated carbocycles. The lowest BCUT2D eigenvalue weighted by molar-refractivity contribution is -0.166. The second-order valence-corrected chi connectivity index (χ2v) is 15.2. The normalized spacial score (nSPS) is 13.6. The van der Waals surface area contributed by atoms with Crippen LogP contribution in [0.1, 0.15) is 162 Å². The molecule has 358 valence electrons. The third-order valence-electron chi connectivity index (χ3n) is 9.22. The molecule has 0 aliphatic rings. The first-order valence-electron chi connectivity index (χ1n) is 24.6. The van der Waals surface area contributed by atoms with Gasteiger partial charge in [-0.2, -0.15) is 0 Å². The van der Waals surface area contributed by atoms with Crippen LogP contribution < -0.4 is 0 Å². The fraction of sp³-hybridized carbons (Fsp3) is 0.475. The van der Waals surface area contributed by atoms with Crippen molar-refractivity contribution in [3.05, 3.63) is 170 Å². The fourth-order valence-electron chi connectivity index (χ4n) is 5.65. The van der Waals surface area contributed by atoms with Crippen LogP contribution in [0.5, 0.6) is 0 Å². The third-order valence-corrected chi connectivity index (χ3v) is 9.22. The van der Waals surface area contributed by atoms with Crippen LogP contribution in [0.3, 0.4) is 0 Å². The Kier molecular flexibility index (Phi) is 47.3. The number of hydrogen-bond acceptors (Lipinski definition) is 6. The van der Waals surface area contributed by atoms with Gasteiger partial charge in [-0.3, -0.25) is 14.4 Å². The highest BCUT2D eigenvalue weighted by molar-refractivity contribution is 5.71. The Labute approximate surface area is 396 Å². The number of carbonyl (C=O) groups excluding carboxylic acids is 3. The molecule has 0 heterocycles. The number of rotatable bonds is 41. The molecule has 0 spiro atoms. The zero-order valence-corrected chi connectivity index (χ0v) is 40.7. The number of ether oxygens (including phenoxy) is 3. The molecule has 0 aromatic heterocycles. The lowest BCUT2D eigenvalue weighted by Crippen LogP contribution is -2.30. The number of hydrogen-bond donors (Lipinski definition) is 0. The van der Waals surface area contributed by atoms with Crippen molar-refractivity contribution < 1.29 is 28.6 Å². The smallest absolute Gasteiger partial charge is 0.306 e. The predicted molar refractivity (Wildman–Crippen MR) is 278 cm³/mol. The Morgan fingerprint density at radius 1 is 0.308 bits per heavy atom. The first kappa shape index (κ1) is 59.8. The van der Waals surface area contributed by atoms with E-state index in [4.69, 9.17) is 14.2 Å². The van der Waals surface area contributed by atoms with Gasteiger partial charge in [0.25, 0.3) is 0 Å². The highest BCUT2D eigenvalue weighted by atomic mass is 16.6. The molecule has 0 amide bonds. The topological polar surface area (TPSA) is 78.9 Å². The summed E-state index contributed by atoms with van der Waals surface area (Å²) in [4.78, 5) is 37.8. The van der Waals surface area contributed by atoms with Gasteiger partial charge >= 0.3 is 17.9 Å². The third kappa shape index (κ3) is 49.6. The largest absolute Gasteiger partial charge is 0.462 e. The molecule has 0 fully saturated rings. The van der Waals surface area contributed by atoms with E-state index in [9.17, 15) is 14.4 Å². The van der Waals surface area contributed by atoms with Crippen LogP contribution >= 0.6 is 0 Å². The van der Waals surface area contributed by atoms with E-state index < -0.39 is 18.0 Å². The summed E-state index contributed by atoms with van der Waals surface area (Å²) < 4.78 is 16.6. The number of allylic oxidation sites excluding steroid dienone is 28. The standard InChI is InChI=1S/C59H86O6/c1-4-7-10-13-16-19-22-25-26-27-28-29-30-31-32-35-37-40-43-46-49-52-58(61)64-55-56(65-59(62)53-50-47-44-41-38-34-24-21-18-15-12-9-6-3)54-63-57(60)51-48-45-42-39-36-33-23-20-17-14-11-8-5-2/h7-12,16-21,25-26,28-29,31-34,36-38,40,42,44-45,47,56H,4-6,13-15,22-24,27,30,35,39,41,43,46,48-55H2,1-3H3/b10-7-,11-8-,12-9-,19-16-,20-17-,21-18-,26-25-,29-28-,32-31-,36-33-,38-34-,40-37-,45-42-,47-44-. The zero-order chi connectivity index (χ0) is 47.2. The number of esters is 3. The minimum atomic E-state index is -0.871. The van der Waals surface area contributed by atoms with Crippen LogP contribution in [-0.4, -0.2) is 37.2 Å². The lowest BCUT2D eigenvalue weighted by atomic mass is 10.2. The van der Waals surface area contributed by atoms with E-state index >= 15 is 0 Å². The molecule has 6 heteroatoms. The van der Waals surface area contributed by atoms with Gasteiger partial charge in [0, 0.05) is 19.3 Å². The van der Waals surface area contributed by atoms with Gasteiger partial charge in [-0.05, 0) is 122 Å². The average molecular weight is 891 g/mol. The van der Waals surface area contributed by atoms with Crippen LogP contribution in [0.25, 0.3) is 0 Å². The summed E-state index contributed by atoms with van der Waals surface area (Å²) in [6.45, 7) is 6.08. The fourth-order valence-corrected chi connectivity index (χ4v) is 5.65. The molecule has 0 aliphatic carbocycles. The summed E-state index contributed by atoms with van der Waals surface area (Å²) in [5.74, 6) is -1.19. The van der Waals surface area contributed by atoms with Crippen LogP contribution in [0.4, 0.5) is 0 Å². The van der Waals surface area contributed by atoms with Crippen LogP contribution in [0.2, 0.25) is 0 Å². The van der Waals surface area contributed by atoms with Crippen LogP contribution in [0.15, 0.2) is 170 Å². The summed E-state index contributed by atoms with van der Waals surface area (Å²) in [6.07, 6.45) is 76.6. The first-order valence-corrected chi connectivity index (χ1v) is 24.6. The van der Waals surface area contributed by atoms with Gasteiger partial charge in [0.1, 0.15) is 13.2 Å². The molecular formula is C59H86O6. The molecular weight excluding hydrogens is 805 g/mol. The highest BCUT2D eigenvalue weighted by Gasteiger charge is 2.19. The van der Waals surface area contributed by atoms with Gasteiger partial charge in [0.2, 0.25) is 0 Å². The molecule has 0 N–H and O–H groups in total. The quantitative estimate of drug-likeness (QED) is 0.0263. The van der Waals surface area contributed by atoms with Crippen molar-refractivity contribution in [1.29, 1.82) is 0 Å². The summed E-state index contributed by atoms with van der Waals surface area (Å²) >= 11 is 0. The molecule has 0 aliphatic heterocycles.